The number of halogens is 6. The zero-order valence-corrected chi connectivity index (χ0v) is 30.0. The van der Waals surface area contributed by atoms with E-state index in [0.717, 1.165) is 23.8 Å². The smallest absolute Gasteiger partial charge is 0.416 e. The zero-order chi connectivity index (χ0) is 40.1. The van der Waals surface area contributed by atoms with Gasteiger partial charge in [-0.1, -0.05) is 36.4 Å². The normalized spacial score (nSPS) is 18.6. The molecule has 3 aliphatic rings. The number of carboxylic acid groups (broad SMARTS) is 1. The summed E-state index contributed by atoms with van der Waals surface area (Å²) in [5.41, 5.74) is 2.08. The van der Waals surface area contributed by atoms with Crippen LogP contribution in [0.3, 0.4) is 0 Å². The molecule has 1 aliphatic carbocycles. The summed E-state index contributed by atoms with van der Waals surface area (Å²) in [4.78, 5) is 53.6. The summed E-state index contributed by atoms with van der Waals surface area (Å²) in [5.74, 6) is -6.55. The monoisotopic (exact) mass is 787 g/mol. The number of amides is 2. The maximum atomic E-state index is 14.7. The molecule has 3 aromatic rings. The lowest BCUT2D eigenvalue weighted by atomic mass is 9.82. The van der Waals surface area contributed by atoms with Gasteiger partial charge in [-0.05, 0) is 78.6 Å². The standard InChI is InChI=1S/C40H39F6N3O7/c41-31-12-13-32(42)38(37(31)43)55-14-2-4-23-6-8-25(9-7-23)30-16-27-20-48(34(51)17-29(56-22-50)18-35(52)53)21-33(47-27)36(30)39(54)49(28-10-11-28)19-24-3-1-5-26(15-24)40(44,45)46/h1,3,5-9,12-13,15,22,27-29,33,47H,2,4,10-11,14,16-21H2,(H,52,53)/t27-,29+,33-/m1/s1. The number of aliphatic carboxylic acids is 1. The molecule has 2 aliphatic heterocycles. The van der Waals surface area contributed by atoms with Crippen LogP contribution in [-0.2, 0) is 43.1 Å². The first-order chi connectivity index (χ1) is 26.7. The third kappa shape index (κ3) is 9.70. The molecule has 2 N–H and O–H groups in total. The molecule has 0 unspecified atom stereocenters. The van der Waals surface area contributed by atoms with Gasteiger partial charge < -0.3 is 29.7 Å². The van der Waals surface area contributed by atoms with Crippen LogP contribution in [-0.4, -0.2) is 83.1 Å². The highest BCUT2D eigenvalue weighted by atomic mass is 19.4. The number of carbonyl (C=O) groups excluding carboxylic acids is 3. The van der Waals surface area contributed by atoms with Crippen molar-refractivity contribution in [2.24, 2.45) is 0 Å². The van der Waals surface area contributed by atoms with Gasteiger partial charge >= 0.3 is 12.1 Å². The number of carbonyl (C=O) groups is 4. The van der Waals surface area contributed by atoms with Crippen molar-refractivity contribution in [3.8, 4) is 5.75 Å². The van der Waals surface area contributed by atoms with Gasteiger partial charge in [0.25, 0.3) is 12.4 Å². The van der Waals surface area contributed by atoms with Crippen LogP contribution in [0.4, 0.5) is 26.3 Å². The predicted molar refractivity (Wildman–Crippen MR) is 188 cm³/mol. The highest BCUT2D eigenvalue weighted by molar-refractivity contribution is 6.03. The van der Waals surface area contributed by atoms with Crippen molar-refractivity contribution in [3.63, 3.8) is 0 Å². The van der Waals surface area contributed by atoms with Gasteiger partial charge in [0.15, 0.2) is 17.4 Å². The lowest BCUT2D eigenvalue weighted by Crippen LogP contribution is -2.62. The lowest BCUT2D eigenvalue weighted by Gasteiger charge is -2.45. The molecule has 6 rings (SSSR count). The molecule has 0 radical (unpaired) electrons. The fourth-order valence-electron chi connectivity index (χ4n) is 7.25. The van der Waals surface area contributed by atoms with Gasteiger partial charge in [0.2, 0.25) is 11.7 Å². The van der Waals surface area contributed by atoms with Crippen LogP contribution < -0.4 is 10.1 Å². The van der Waals surface area contributed by atoms with Crippen molar-refractivity contribution >= 4 is 29.8 Å². The molecule has 0 aromatic heterocycles. The predicted octanol–water partition coefficient (Wildman–Crippen LogP) is 6.06. The van der Waals surface area contributed by atoms with Gasteiger partial charge in [-0.25, -0.2) is 8.78 Å². The molecular weight excluding hydrogens is 748 g/mol. The van der Waals surface area contributed by atoms with Gasteiger partial charge in [0.1, 0.15) is 6.10 Å². The minimum Gasteiger partial charge on any atom is -0.488 e. The minimum atomic E-state index is -4.57. The molecule has 1 saturated heterocycles. The van der Waals surface area contributed by atoms with Crippen LogP contribution in [0.25, 0.3) is 5.57 Å². The van der Waals surface area contributed by atoms with Crippen molar-refractivity contribution in [2.45, 2.75) is 81.9 Å². The molecule has 56 heavy (non-hydrogen) atoms. The van der Waals surface area contributed by atoms with Crippen molar-refractivity contribution in [2.75, 3.05) is 19.7 Å². The molecule has 2 bridgehead atoms. The van der Waals surface area contributed by atoms with E-state index in [2.05, 4.69) is 5.32 Å². The van der Waals surface area contributed by atoms with Crippen LogP contribution in [0.5, 0.6) is 5.75 Å². The number of nitrogens with one attached hydrogen (secondary N) is 1. The number of benzene rings is 3. The molecule has 298 valence electrons. The largest absolute Gasteiger partial charge is 0.488 e. The van der Waals surface area contributed by atoms with Crippen molar-refractivity contribution in [3.05, 3.63) is 106 Å². The van der Waals surface area contributed by atoms with E-state index >= 15 is 0 Å². The molecule has 16 heteroatoms. The zero-order valence-electron chi connectivity index (χ0n) is 30.0. The van der Waals surface area contributed by atoms with Gasteiger partial charge in [0, 0.05) is 37.3 Å². The Morgan fingerprint density at radius 2 is 1.70 bits per heavy atom. The Hall–Kier alpha value is -5.38. The topological polar surface area (TPSA) is 125 Å². The summed E-state index contributed by atoms with van der Waals surface area (Å²) in [6, 6.07) is 12.4. The Kier molecular flexibility index (Phi) is 12.4. The highest BCUT2D eigenvalue weighted by Crippen LogP contribution is 2.38. The summed E-state index contributed by atoms with van der Waals surface area (Å²) in [6.45, 7) is 0.155. The second-order valence-corrected chi connectivity index (χ2v) is 14.2. The Labute approximate surface area is 318 Å². The van der Waals surface area contributed by atoms with Gasteiger partial charge in [-0.2, -0.15) is 17.6 Å². The van der Waals surface area contributed by atoms with E-state index in [1.807, 2.05) is 24.3 Å². The summed E-state index contributed by atoms with van der Waals surface area (Å²) in [5, 5.41) is 12.7. The number of hydrogen-bond donors (Lipinski definition) is 2. The van der Waals surface area contributed by atoms with Crippen LogP contribution in [0, 0.1) is 17.5 Å². The number of alkyl halides is 3. The van der Waals surface area contributed by atoms with Crippen LogP contribution in [0.2, 0.25) is 0 Å². The Bertz CT molecular complexity index is 1990. The fraction of sp³-hybridized carbons (Fsp3) is 0.400. The Morgan fingerprint density at radius 1 is 0.964 bits per heavy atom. The first-order valence-electron chi connectivity index (χ1n) is 18.1. The van der Waals surface area contributed by atoms with E-state index in [0.29, 0.717) is 60.4 Å². The average Bonchev–Trinajstić information content (AvgIpc) is 4.00. The van der Waals surface area contributed by atoms with Crippen molar-refractivity contribution in [1.29, 1.82) is 0 Å². The van der Waals surface area contributed by atoms with Gasteiger partial charge in [0.05, 0.1) is 31.1 Å². The SMILES string of the molecule is O=CO[C@H](CC(=O)O)CC(=O)N1C[C@H]2CC(c3ccc(CCCOc4c(F)ccc(F)c4F)cc3)=C(C(=O)N(Cc3cccc(C(F)(F)F)c3)C3CC3)[C@@H](C1)N2. The number of aryl methyl sites for hydroxylation is 1. The molecule has 3 atom stereocenters. The highest BCUT2D eigenvalue weighted by Gasteiger charge is 2.44. The maximum absolute atomic E-state index is 14.7. The number of hydrogen-bond acceptors (Lipinski definition) is 7. The van der Waals surface area contributed by atoms with E-state index in [1.165, 1.54) is 17.0 Å². The Balaban J connectivity index is 1.25. The van der Waals surface area contributed by atoms with Crippen LogP contribution >= 0.6 is 0 Å². The summed E-state index contributed by atoms with van der Waals surface area (Å²) < 4.78 is 92.3. The maximum Gasteiger partial charge on any atom is 0.416 e. The van der Waals surface area contributed by atoms with Crippen molar-refractivity contribution in [1.82, 2.24) is 15.1 Å². The molecule has 10 nitrogen and oxygen atoms in total. The van der Waals surface area contributed by atoms with Crippen LogP contribution in [0.1, 0.15) is 60.8 Å². The first-order valence-corrected chi connectivity index (χ1v) is 18.1. The molecule has 1 saturated carbocycles. The molecule has 0 spiro atoms. The van der Waals surface area contributed by atoms with E-state index in [-0.39, 0.29) is 51.2 Å². The molecule has 2 amide bonds. The minimum absolute atomic E-state index is 0.0213. The summed E-state index contributed by atoms with van der Waals surface area (Å²) in [7, 11) is 0. The van der Waals surface area contributed by atoms with E-state index < -0.39 is 71.3 Å². The van der Waals surface area contributed by atoms with E-state index in [9.17, 15) is 50.6 Å². The van der Waals surface area contributed by atoms with Gasteiger partial charge in [-0.15, -0.1) is 0 Å². The number of fused-ring (bicyclic) bond motifs is 2. The summed E-state index contributed by atoms with van der Waals surface area (Å²) >= 11 is 0. The van der Waals surface area contributed by atoms with E-state index in [4.69, 9.17) is 9.47 Å². The second-order valence-electron chi connectivity index (χ2n) is 14.2. The van der Waals surface area contributed by atoms with E-state index in [1.54, 1.807) is 4.90 Å². The van der Waals surface area contributed by atoms with Crippen molar-refractivity contribution < 1.29 is 60.1 Å². The first kappa shape index (κ1) is 40.3. The number of piperazine rings is 1. The average molecular weight is 788 g/mol. The third-order valence-electron chi connectivity index (χ3n) is 10.1. The number of nitrogens with zero attached hydrogens (tertiary/aromatic N) is 2. The van der Waals surface area contributed by atoms with Gasteiger partial charge in [-0.3, -0.25) is 19.2 Å². The summed E-state index contributed by atoms with van der Waals surface area (Å²) in [6.07, 6.45) is -4.31. The molecular formula is C40H39F6N3O7. The Morgan fingerprint density at radius 3 is 2.38 bits per heavy atom. The molecule has 3 aromatic carbocycles. The number of rotatable bonds is 16. The third-order valence-corrected chi connectivity index (χ3v) is 10.1. The van der Waals surface area contributed by atoms with Crippen LogP contribution in [0.15, 0.2) is 66.2 Å². The number of ether oxygens (including phenoxy) is 2. The quantitative estimate of drug-likeness (QED) is 0.0778. The fourth-order valence-corrected chi connectivity index (χ4v) is 7.25. The lowest BCUT2D eigenvalue weighted by molar-refractivity contribution is -0.147. The second kappa shape index (κ2) is 17.2. The molecule has 2 heterocycles. The molecule has 2 fully saturated rings. The number of carboxylic acids is 1.